The van der Waals surface area contributed by atoms with Crippen LogP contribution in [0.15, 0.2) is 12.3 Å². The minimum Gasteiger partial charge on any atom is -0.466 e. The van der Waals surface area contributed by atoms with E-state index in [9.17, 15) is 9.59 Å². The highest BCUT2D eigenvalue weighted by atomic mass is 16.5. The zero-order valence-corrected chi connectivity index (χ0v) is 25.0. The highest BCUT2D eigenvalue weighted by Crippen LogP contribution is 2.53. The Morgan fingerprint density at radius 3 is 2.55 bits per heavy atom. The van der Waals surface area contributed by atoms with Gasteiger partial charge < -0.3 is 14.5 Å². The Balaban J connectivity index is 1.08. The molecule has 2 saturated carbocycles. The van der Waals surface area contributed by atoms with Crippen molar-refractivity contribution in [3.05, 3.63) is 23.7 Å². The number of hydrogen-bond acceptors (Lipinski definition) is 6. The second-order valence-corrected chi connectivity index (χ2v) is 13.8. The quantitative estimate of drug-likeness (QED) is 0.432. The first-order valence-corrected chi connectivity index (χ1v) is 15.8. The summed E-state index contributed by atoms with van der Waals surface area (Å²) in [7, 11) is 0. The van der Waals surface area contributed by atoms with Crippen LogP contribution in [0.2, 0.25) is 0 Å². The molecule has 0 N–H and O–H groups in total. The first-order chi connectivity index (χ1) is 19.2. The number of pyridine rings is 1. The van der Waals surface area contributed by atoms with Gasteiger partial charge >= 0.3 is 5.97 Å². The van der Waals surface area contributed by atoms with E-state index in [1.54, 1.807) is 0 Å². The van der Waals surface area contributed by atoms with Crippen LogP contribution in [0.25, 0.3) is 5.65 Å². The molecule has 218 valence electrons. The monoisotopic (exact) mass is 549 g/mol. The van der Waals surface area contributed by atoms with Gasteiger partial charge in [-0.25, -0.2) is 9.50 Å². The lowest BCUT2D eigenvalue weighted by molar-refractivity contribution is -0.149. The molecule has 4 fully saturated rings. The smallest absolute Gasteiger partial charge is 0.308 e. The predicted molar refractivity (Wildman–Crippen MR) is 155 cm³/mol. The summed E-state index contributed by atoms with van der Waals surface area (Å²) in [5.74, 6) is 1.81. The van der Waals surface area contributed by atoms with Crippen LogP contribution in [0.3, 0.4) is 0 Å². The van der Waals surface area contributed by atoms with Crippen molar-refractivity contribution in [2.45, 2.75) is 91.9 Å². The minimum absolute atomic E-state index is 0.00344. The Labute approximate surface area is 238 Å². The van der Waals surface area contributed by atoms with Crippen molar-refractivity contribution in [2.24, 2.45) is 28.6 Å². The largest absolute Gasteiger partial charge is 0.466 e. The molecular formula is C32H47N5O3. The molecule has 8 nitrogen and oxygen atoms in total. The number of rotatable bonds is 6. The van der Waals surface area contributed by atoms with Gasteiger partial charge in [-0.1, -0.05) is 13.8 Å². The average Bonchev–Trinajstić information content (AvgIpc) is 3.75. The fraction of sp³-hybridized carbons (Fsp3) is 0.750. The third kappa shape index (κ3) is 5.11. The summed E-state index contributed by atoms with van der Waals surface area (Å²) in [6, 6.07) is 2.20. The standard InChI is InChI=1S/C32H47N5O3/c1-5-31(4)13-15-35(20-31)26-17-22(3)28-33-27(34-37(28)19-26)29(38)36-16-14-32(21-36)12-11-25(18-32)23-7-9-24(10-8-23)30(39)40-6-2/h17,19,23-25H,5-16,18,20-21H2,1-4H3/t23?,24?,25?,31-,32?/m0/s1. The van der Waals surface area contributed by atoms with Crippen molar-refractivity contribution in [1.82, 2.24) is 19.5 Å². The first kappa shape index (κ1) is 27.5. The number of aromatic nitrogens is 3. The van der Waals surface area contributed by atoms with Gasteiger partial charge in [0.2, 0.25) is 5.82 Å². The molecule has 2 aromatic rings. The third-order valence-corrected chi connectivity index (χ3v) is 11.1. The Hall–Kier alpha value is -2.64. The molecule has 0 radical (unpaired) electrons. The Morgan fingerprint density at radius 2 is 1.82 bits per heavy atom. The van der Waals surface area contributed by atoms with E-state index < -0.39 is 0 Å². The van der Waals surface area contributed by atoms with Crippen molar-refractivity contribution in [3.8, 4) is 0 Å². The van der Waals surface area contributed by atoms with Gasteiger partial charge in [0.15, 0.2) is 5.65 Å². The molecule has 1 spiro atoms. The molecule has 2 aliphatic carbocycles. The van der Waals surface area contributed by atoms with E-state index in [0.29, 0.717) is 29.7 Å². The topological polar surface area (TPSA) is 80.0 Å². The van der Waals surface area contributed by atoms with Gasteiger partial charge in [-0.3, -0.25) is 9.59 Å². The number of likely N-dealkylation sites (tertiary alicyclic amines) is 1. The van der Waals surface area contributed by atoms with Crippen molar-refractivity contribution in [1.29, 1.82) is 0 Å². The second kappa shape index (κ2) is 10.6. The summed E-state index contributed by atoms with van der Waals surface area (Å²) in [5.41, 5.74) is 3.60. The van der Waals surface area contributed by atoms with Gasteiger partial charge in [0.05, 0.1) is 24.4 Å². The fourth-order valence-corrected chi connectivity index (χ4v) is 8.29. The van der Waals surface area contributed by atoms with Crippen LogP contribution in [0, 0.1) is 35.5 Å². The second-order valence-electron chi connectivity index (χ2n) is 13.8. The van der Waals surface area contributed by atoms with Gasteiger partial charge in [-0.05, 0) is 112 Å². The normalized spacial score (nSPS) is 32.5. The molecule has 4 aliphatic rings. The number of carbonyl (C=O) groups excluding carboxylic acids is 2. The first-order valence-electron chi connectivity index (χ1n) is 15.8. The lowest BCUT2D eigenvalue weighted by Gasteiger charge is -2.32. The number of nitrogens with zero attached hydrogens (tertiary/aromatic N) is 5. The third-order valence-electron chi connectivity index (χ3n) is 11.1. The summed E-state index contributed by atoms with van der Waals surface area (Å²) in [6.45, 7) is 12.8. The van der Waals surface area contributed by atoms with E-state index in [-0.39, 0.29) is 23.2 Å². The van der Waals surface area contributed by atoms with E-state index in [1.165, 1.54) is 37.8 Å². The van der Waals surface area contributed by atoms with E-state index in [2.05, 4.69) is 37.9 Å². The van der Waals surface area contributed by atoms with Crippen LogP contribution < -0.4 is 4.90 Å². The average molecular weight is 550 g/mol. The Bertz CT molecular complexity index is 1270. The number of carbonyl (C=O) groups is 2. The number of hydrogen-bond donors (Lipinski definition) is 0. The van der Waals surface area contributed by atoms with Crippen molar-refractivity contribution < 1.29 is 14.3 Å². The highest BCUT2D eigenvalue weighted by molar-refractivity contribution is 5.91. The van der Waals surface area contributed by atoms with Crippen LogP contribution in [0.5, 0.6) is 0 Å². The maximum absolute atomic E-state index is 13.6. The molecule has 40 heavy (non-hydrogen) atoms. The predicted octanol–water partition coefficient (Wildman–Crippen LogP) is 5.67. The van der Waals surface area contributed by atoms with Gasteiger partial charge in [-0.15, -0.1) is 5.10 Å². The maximum Gasteiger partial charge on any atom is 0.308 e. The zero-order chi connectivity index (χ0) is 28.1. The van der Waals surface area contributed by atoms with Crippen molar-refractivity contribution >= 4 is 23.2 Å². The molecule has 0 bridgehead atoms. The minimum atomic E-state index is -0.0281. The van der Waals surface area contributed by atoms with E-state index >= 15 is 0 Å². The van der Waals surface area contributed by atoms with Gasteiger partial charge in [0.1, 0.15) is 0 Å². The van der Waals surface area contributed by atoms with E-state index in [0.717, 1.165) is 69.5 Å². The van der Waals surface area contributed by atoms with Crippen LogP contribution in [0.4, 0.5) is 5.69 Å². The SMILES string of the molecule is CCOC(=O)C1CCC(C2CCC3(CCN(C(=O)c4nc5c(C)cc(N6CC[C@](C)(CC)C6)cn5n4)C3)C2)CC1. The summed E-state index contributed by atoms with van der Waals surface area (Å²) in [4.78, 5) is 34.9. The van der Waals surface area contributed by atoms with Crippen LogP contribution in [-0.4, -0.2) is 64.2 Å². The van der Waals surface area contributed by atoms with Crippen molar-refractivity contribution in [3.63, 3.8) is 0 Å². The van der Waals surface area contributed by atoms with Crippen LogP contribution in [0.1, 0.15) is 101 Å². The zero-order valence-electron chi connectivity index (χ0n) is 25.0. The molecule has 0 aromatic carbocycles. The lowest BCUT2D eigenvalue weighted by Crippen LogP contribution is -2.32. The molecule has 1 amide bonds. The molecule has 8 heteroatoms. The molecule has 3 atom stereocenters. The van der Waals surface area contributed by atoms with Crippen LogP contribution in [-0.2, 0) is 9.53 Å². The number of ether oxygens (including phenoxy) is 1. The number of esters is 1. The Kier molecular flexibility index (Phi) is 7.32. The molecule has 6 rings (SSSR count). The van der Waals surface area contributed by atoms with Gasteiger partial charge in [-0.2, -0.15) is 0 Å². The van der Waals surface area contributed by atoms with E-state index in [4.69, 9.17) is 14.8 Å². The summed E-state index contributed by atoms with van der Waals surface area (Å²) in [5, 5.41) is 4.69. The molecule has 4 heterocycles. The molecule has 2 saturated heterocycles. The fourth-order valence-electron chi connectivity index (χ4n) is 8.29. The maximum atomic E-state index is 13.6. The molecular weight excluding hydrogens is 502 g/mol. The van der Waals surface area contributed by atoms with E-state index in [1.807, 2.05) is 16.3 Å². The summed E-state index contributed by atoms with van der Waals surface area (Å²) >= 11 is 0. The van der Waals surface area contributed by atoms with Crippen molar-refractivity contribution in [2.75, 3.05) is 37.7 Å². The number of aryl methyl sites for hydroxylation is 1. The number of fused-ring (bicyclic) bond motifs is 1. The molecule has 2 aliphatic heterocycles. The van der Waals surface area contributed by atoms with Gasteiger partial charge in [0.25, 0.3) is 5.91 Å². The van der Waals surface area contributed by atoms with Gasteiger partial charge in [0, 0.05) is 26.2 Å². The Morgan fingerprint density at radius 1 is 1.02 bits per heavy atom. The van der Waals surface area contributed by atoms with Crippen LogP contribution >= 0.6 is 0 Å². The number of anilines is 1. The lowest BCUT2D eigenvalue weighted by atomic mass is 9.73. The summed E-state index contributed by atoms with van der Waals surface area (Å²) < 4.78 is 7.09. The number of amides is 1. The molecule has 2 aromatic heterocycles. The summed E-state index contributed by atoms with van der Waals surface area (Å²) in [6.07, 6.45) is 13.4. The highest BCUT2D eigenvalue weighted by Gasteiger charge is 2.48. The molecule has 2 unspecified atom stereocenters.